The number of hydrogen-bond acceptors (Lipinski definition) is 8. The summed E-state index contributed by atoms with van der Waals surface area (Å²) in [5.41, 5.74) is 7.22. The maximum atomic E-state index is 12.5. The second kappa shape index (κ2) is 7.18. The number of nitro benzene ring substituents is 1. The van der Waals surface area contributed by atoms with Crippen molar-refractivity contribution in [2.24, 2.45) is 5.92 Å². The first-order valence-corrected chi connectivity index (χ1v) is 8.82. The molecule has 2 N–H and O–H groups in total. The van der Waals surface area contributed by atoms with E-state index < -0.39 is 4.92 Å². The van der Waals surface area contributed by atoms with Gasteiger partial charge in [-0.2, -0.15) is 0 Å². The number of non-ortho nitro benzene ring substituents is 1. The van der Waals surface area contributed by atoms with E-state index in [4.69, 9.17) is 14.2 Å². The van der Waals surface area contributed by atoms with Crippen LogP contribution in [0.5, 0.6) is 5.75 Å². The number of carbonyl (C=O) groups is 1. The van der Waals surface area contributed by atoms with Crippen molar-refractivity contribution in [2.75, 3.05) is 6.79 Å². The highest BCUT2D eigenvalue weighted by molar-refractivity contribution is 5.76. The van der Waals surface area contributed by atoms with Crippen LogP contribution in [0.3, 0.4) is 0 Å². The van der Waals surface area contributed by atoms with E-state index in [1.54, 1.807) is 0 Å². The van der Waals surface area contributed by atoms with E-state index in [0.29, 0.717) is 22.9 Å². The topological polar surface area (TPSA) is 112 Å². The van der Waals surface area contributed by atoms with Gasteiger partial charge in [0.1, 0.15) is 18.4 Å². The van der Waals surface area contributed by atoms with Gasteiger partial charge in [0.15, 0.2) is 6.79 Å². The van der Waals surface area contributed by atoms with E-state index in [-0.39, 0.29) is 43.6 Å². The first kappa shape index (κ1) is 17.2. The average molecular weight is 363 g/mol. The Morgan fingerprint density at radius 3 is 3.00 bits per heavy atom. The number of hydrazine groups is 1. The van der Waals surface area contributed by atoms with E-state index in [2.05, 4.69) is 10.9 Å². The summed E-state index contributed by atoms with van der Waals surface area (Å²) >= 11 is 0. The van der Waals surface area contributed by atoms with Crippen LogP contribution in [0.1, 0.15) is 36.8 Å². The van der Waals surface area contributed by atoms with Crippen LogP contribution in [-0.4, -0.2) is 29.8 Å². The van der Waals surface area contributed by atoms with Crippen molar-refractivity contribution < 1.29 is 23.9 Å². The number of nitro groups is 1. The second-order valence-corrected chi connectivity index (χ2v) is 6.89. The summed E-state index contributed by atoms with van der Waals surface area (Å²) in [4.78, 5) is 23.2. The van der Waals surface area contributed by atoms with Crippen LogP contribution < -0.4 is 15.6 Å². The third kappa shape index (κ3) is 3.25. The van der Waals surface area contributed by atoms with Crippen molar-refractivity contribution in [3.63, 3.8) is 0 Å². The molecule has 2 fully saturated rings. The Morgan fingerprint density at radius 2 is 2.15 bits per heavy atom. The first-order chi connectivity index (χ1) is 12.6. The van der Waals surface area contributed by atoms with Gasteiger partial charge in [0.2, 0.25) is 0 Å². The summed E-state index contributed by atoms with van der Waals surface area (Å²) in [7, 11) is 0. The number of nitrogens with one attached hydrogen (secondary N) is 2. The average Bonchev–Trinajstić information content (AvgIpc) is 3.09. The normalized spacial score (nSPS) is 27.2. The molecule has 0 bridgehead atoms. The lowest BCUT2D eigenvalue weighted by molar-refractivity contribution is -0.385. The molecule has 3 aliphatic rings. The van der Waals surface area contributed by atoms with Gasteiger partial charge in [-0.05, 0) is 12.8 Å². The van der Waals surface area contributed by atoms with Gasteiger partial charge in [0.25, 0.3) is 5.69 Å². The molecule has 1 saturated carbocycles. The zero-order chi connectivity index (χ0) is 18.1. The maximum absolute atomic E-state index is 12.5. The number of hydrogen-bond donors (Lipinski definition) is 2. The SMILES string of the molecule is O=C(OCc1cc([N+](=O)[O-])cc2c1OCOC2)C1NNC2CCCCC21. The van der Waals surface area contributed by atoms with E-state index in [9.17, 15) is 14.9 Å². The molecule has 2 heterocycles. The highest BCUT2D eigenvalue weighted by atomic mass is 16.7. The Labute approximate surface area is 150 Å². The number of esters is 1. The standard InChI is InChI=1S/C17H21N3O6/c21-17(15-13-3-1-2-4-14(13)18-19-15)25-8-11-6-12(20(22)23)5-10-7-24-9-26-16(10)11/h5-6,13-15,18-19H,1-4,7-9H2. The number of ether oxygens (including phenoxy) is 3. The molecule has 1 aromatic carbocycles. The Balaban J connectivity index is 1.48. The van der Waals surface area contributed by atoms with E-state index >= 15 is 0 Å². The lowest BCUT2D eigenvalue weighted by Crippen LogP contribution is -2.39. The predicted octanol–water partition coefficient (Wildman–Crippen LogP) is 1.54. The Kier molecular flexibility index (Phi) is 4.75. The molecule has 0 radical (unpaired) electrons. The van der Waals surface area contributed by atoms with Gasteiger partial charge in [0, 0.05) is 35.2 Å². The number of rotatable bonds is 4. The third-order valence-corrected chi connectivity index (χ3v) is 5.28. The quantitative estimate of drug-likeness (QED) is 0.471. The van der Waals surface area contributed by atoms with Gasteiger partial charge >= 0.3 is 5.97 Å². The molecule has 0 aromatic heterocycles. The summed E-state index contributed by atoms with van der Waals surface area (Å²) in [5.74, 6) is 0.377. The molecule has 1 aliphatic carbocycles. The fraction of sp³-hybridized carbons (Fsp3) is 0.588. The molecule has 9 heteroatoms. The summed E-state index contributed by atoms with van der Waals surface area (Å²) in [6, 6.07) is 2.72. The second-order valence-electron chi connectivity index (χ2n) is 6.89. The lowest BCUT2D eigenvalue weighted by Gasteiger charge is -2.26. The van der Waals surface area contributed by atoms with Crippen molar-refractivity contribution in [1.82, 2.24) is 10.9 Å². The zero-order valence-electron chi connectivity index (χ0n) is 14.2. The minimum atomic E-state index is -0.477. The molecule has 3 unspecified atom stereocenters. The minimum absolute atomic E-state index is 0.0710. The third-order valence-electron chi connectivity index (χ3n) is 5.28. The number of fused-ring (bicyclic) bond motifs is 2. The van der Waals surface area contributed by atoms with Crippen LogP contribution in [-0.2, 0) is 27.5 Å². The molecule has 26 heavy (non-hydrogen) atoms. The van der Waals surface area contributed by atoms with Crippen molar-refractivity contribution in [1.29, 1.82) is 0 Å². The monoisotopic (exact) mass is 363 g/mol. The van der Waals surface area contributed by atoms with Crippen LogP contribution in [0, 0.1) is 16.0 Å². The molecule has 140 valence electrons. The van der Waals surface area contributed by atoms with Gasteiger partial charge in [-0.25, -0.2) is 5.43 Å². The fourth-order valence-corrected chi connectivity index (χ4v) is 4.01. The van der Waals surface area contributed by atoms with Crippen molar-refractivity contribution in [3.8, 4) is 5.75 Å². The summed E-state index contributed by atoms with van der Waals surface area (Å²) in [6.07, 6.45) is 4.31. The van der Waals surface area contributed by atoms with Gasteiger partial charge in [-0.15, -0.1) is 0 Å². The molecule has 0 amide bonds. The Hall–Kier alpha value is -2.23. The fourth-order valence-electron chi connectivity index (χ4n) is 4.01. The van der Waals surface area contributed by atoms with Gasteiger partial charge in [-0.3, -0.25) is 20.3 Å². The van der Waals surface area contributed by atoms with Crippen LogP contribution in [0.4, 0.5) is 5.69 Å². The van der Waals surface area contributed by atoms with Gasteiger partial charge < -0.3 is 14.2 Å². The summed E-state index contributed by atoms with van der Waals surface area (Å²) in [5, 5.41) is 11.1. The number of carbonyl (C=O) groups excluding carboxylic acids is 1. The van der Waals surface area contributed by atoms with Gasteiger partial charge in [0.05, 0.1) is 11.5 Å². The Morgan fingerprint density at radius 1 is 1.31 bits per heavy atom. The molecule has 1 saturated heterocycles. The number of nitrogens with zero attached hydrogens (tertiary/aromatic N) is 1. The first-order valence-electron chi connectivity index (χ1n) is 8.82. The van der Waals surface area contributed by atoms with Crippen molar-refractivity contribution >= 4 is 11.7 Å². The Bertz CT molecular complexity index is 725. The van der Waals surface area contributed by atoms with E-state index in [1.165, 1.54) is 12.1 Å². The van der Waals surface area contributed by atoms with Crippen LogP contribution in [0.25, 0.3) is 0 Å². The molecular formula is C17H21N3O6. The largest absolute Gasteiger partial charge is 0.467 e. The van der Waals surface area contributed by atoms with Crippen LogP contribution in [0.15, 0.2) is 12.1 Å². The van der Waals surface area contributed by atoms with Crippen LogP contribution >= 0.6 is 0 Å². The molecule has 4 rings (SSSR count). The number of benzene rings is 1. The molecular weight excluding hydrogens is 342 g/mol. The van der Waals surface area contributed by atoms with E-state index in [0.717, 1.165) is 25.7 Å². The predicted molar refractivity (Wildman–Crippen MR) is 89.0 cm³/mol. The van der Waals surface area contributed by atoms with Gasteiger partial charge in [-0.1, -0.05) is 12.8 Å². The minimum Gasteiger partial charge on any atom is -0.467 e. The molecule has 1 aromatic rings. The molecule has 3 atom stereocenters. The smallest absolute Gasteiger partial charge is 0.325 e. The molecule has 2 aliphatic heterocycles. The van der Waals surface area contributed by atoms with Crippen molar-refractivity contribution in [3.05, 3.63) is 33.4 Å². The highest BCUT2D eigenvalue weighted by Crippen LogP contribution is 2.34. The molecule has 9 nitrogen and oxygen atoms in total. The highest BCUT2D eigenvalue weighted by Gasteiger charge is 2.42. The summed E-state index contributed by atoms with van der Waals surface area (Å²) in [6.45, 7) is 0.234. The van der Waals surface area contributed by atoms with Crippen molar-refractivity contribution in [2.45, 2.75) is 51.0 Å². The maximum Gasteiger partial charge on any atom is 0.325 e. The lowest BCUT2D eigenvalue weighted by atomic mass is 9.82. The van der Waals surface area contributed by atoms with Crippen LogP contribution in [0.2, 0.25) is 0 Å². The van der Waals surface area contributed by atoms with E-state index in [1.807, 2.05) is 0 Å². The molecule has 0 spiro atoms. The summed E-state index contributed by atoms with van der Waals surface area (Å²) < 4.78 is 16.1. The zero-order valence-corrected chi connectivity index (χ0v) is 14.2.